The number of nitrogens with one attached hydrogen (secondary N) is 1. The maximum atomic E-state index is 11.2. The Labute approximate surface area is 109 Å². The second-order valence-corrected chi connectivity index (χ2v) is 5.27. The molecule has 1 saturated heterocycles. The predicted molar refractivity (Wildman–Crippen MR) is 70.7 cm³/mol. The van der Waals surface area contributed by atoms with E-state index in [1.54, 1.807) is 0 Å². The molecule has 1 fully saturated rings. The molecule has 0 saturated carbocycles. The lowest BCUT2D eigenvalue weighted by Gasteiger charge is -2.33. The number of nitrogens with two attached hydrogens (primary N) is 1. The number of carbonyl (C=O) groups is 1. The van der Waals surface area contributed by atoms with Crippen molar-refractivity contribution in [3.8, 4) is 6.07 Å². The molecule has 0 aromatic rings. The summed E-state index contributed by atoms with van der Waals surface area (Å²) in [4.78, 5) is 13.4. The van der Waals surface area contributed by atoms with Gasteiger partial charge in [-0.3, -0.25) is 10.1 Å². The van der Waals surface area contributed by atoms with Gasteiger partial charge in [-0.25, -0.2) is 0 Å². The summed E-state index contributed by atoms with van der Waals surface area (Å²) in [6, 6.07) is 2.32. The number of carbonyl (C=O) groups excluding carboxylic acids is 1. The number of hydrogen-bond acceptors (Lipinski definition) is 4. The highest BCUT2D eigenvalue weighted by atomic mass is 16.1. The number of primary amides is 1. The molecule has 5 heteroatoms. The summed E-state index contributed by atoms with van der Waals surface area (Å²) in [7, 11) is 0. The highest BCUT2D eigenvalue weighted by Crippen LogP contribution is 2.18. The predicted octanol–water partition coefficient (Wildman–Crippen LogP) is 0.466. The smallest absolute Gasteiger partial charge is 0.221 e. The Bertz CT molecular complexity index is 325. The molecule has 1 aliphatic heterocycles. The molecule has 1 rings (SSSR count). The number of nitriles is 1. The van der Waals surface area contributed by atoms with Crippen molar-refractivity contribution < 1.29 is 4.79 Å². The first-order valence-electron chi connectivity index (χ1n) is 6.68. The topological polar surface area (TPSA) is 82.2 Å². The van der Waals surface area contributed by atoms with E-state index in [1.165, 1.54) is 0 Å². The molecule has 2 unspecified atom stereocenters. The fourth-order valence-electron chi connectivity index (χ4n) is 2.45. The van der Waals surface area contributed by atoms with Gasteiger partial charge in [0.1, 0.15) is 5.54 Å². The Kier molecular flexibility index (Phi) is 5.57. The quantitative estimate of drug-likeness (QED) is 0.719. The molecule has 5 nitrogen and oxygen atoms in total. The lowest BCUT2D eigenvalue weighted by atomic mass is 9.95. The minimum absolute atomic E-state index is 0.0220. The number of likely N-dealkylation sites (tertiary alicyclic amines) is 1. The van der Waals surface area contributed by atoms with E-state index in [1.807, 2.05) is 13.8 Å². The van der Waals surface area contributed by atoms with Gasteiger partial charge in [-0.05, 0) is 39.3 Å². The second-order valence-electron chi connectivity index (χ2n) is 5.27. The Hall–Kier alpha value is -1.12. The van der Waals surface area contributed by atoms with Crippen molar-refractivity contribution in [2.45, 2.75) is 38.6 Å². The van der Waals surface area contributed by atoms with E-state index in [9.17, 15) is 10.1 Å². The molecule has 1 amide bonds. The van der Waals surface area contributed by atoms with Gasteiger partial charge in [0.05, 0.1) is 12.0 Å². The van der Waals surface area contributed by atoms with Crippen LogP contribution in [0.1, 0.15) is 33.1 Å². The third-order valence-corrected chi connectivity index (χ3v) is 3.65. The maximum absolute atomic E-state index is 11.2. The van der Waals surface area contributed by atoms with Crippen LogP contribution in [0.3, 0.4) is 0 Å². The first kappa shape index (κ1) is 14.9. The normalized spacial score (nSPS) is 24.2. The van der Waals surface area contributed by atoms with Crippen molar-refractivity contribution in [1.82, 2.24) is 10.2 Å². The van der Waals surface area contributed by atoms with E-state index in [4.69, 9.17) is 5.73 Å². The van der Waals surface area contributed by atoms with Gasteiger partial charge >= 0.3 is 0 Å². The van der Waals surface area contributed by atoms with Crippen molar-refractivity contribution in [3.63, 3.8) is 0 Å². The Balaban J connectivity index is 2.43. The van der Waals surface area contributed by atoms with Crippen LogP contribution >= 0.6 is 0 Å². The Morgan fingerprint density at radius 1 is 1.67 bits per heavy atom. The molecule has 102 valence electrons. The van der Waals surface area contributed by atoms with Gasteiger partial charge in [0.15, 0.2) is 0 Å². The van der Waals surface area contributed by atoms with E-state index in [0.29, 0.717) is 0 Å². The van der Waals surface area contributed by atoms with Gasteiger partial charge in [-0.15, -0.1) is 0 Å². The summed E-state index contributed by atoms with van der Waals surface area (Å²) >= 11 is 0. The monoisotopic (exact) mass is 252 g/mol. The molecule has 3 N–H and O–H groups in total. The maximum Gasteiger partial charge on any atom is 0.221 e. The lowest BCUT2D eigenvalue weighted by Crippen LogP contribution is -2.46. The van der Waals surface area contributed by atoms with Crippen LogP contribution < -0.4 is 11.1 Å². The standard InChI is InChI=1S/C13H24N4O/c1-3-16-13(2,10-14)6-8-17-7-4-5-11(9-17)12(15)18/h11,16H,3-9H2,1-2H3,(H2,15,18). The zero-order valence-electron chi connectivity index (χ0n) is 11.4. The van der Waals surface area contributed by atoms with Crippen molar-refractivity contribution in [2.75, 3.05) is 26.2 Å². The summed E-state index contributed by atoms with van der Waals surface area (Å²) in [6.07, 6.45) is 2.68. The fraction of sp³-hybridized carbons (Fsp3) is 0.846. The summed E-state index contributed by atoms with van der Waals surface area (Å²) in [5.74, 6) is -0.222. The van der Waals surface area contributed by atoms with Gasteiger partial charge in [0, 0.05) is 13.1 Å². The average molecular weight is 252 g/mol. The SMILES string of the molecule is CCNC(C)(C#N)CCN1CCCC(C(N)=O)C1. The lowest BCUT2D eigenvalue weighted by molar-refractivity contribution is -0.123. The molecule has 0 radical (unpaired) electrons. The highest BCUT2D eigenvalue weighted by molar-refractivity contribution is 5.76. The van der Waals surface area contributed by atoms with Crippen LogP contribution in [0.4, 0.5) is 0 Å². The van der Waals surface area contributed by atoms with Crippen molar-refractivity contribution >= 4 is 5.91 Å². The van der Waals surface area contributed by atoms with Crippen LogP contribution in [0, 0.1) is 17.2 Å². The van der Waals surface area contributed by atoms with E-state index in [2.05, 4.69) is 16.3 Å². The van der Waals surface area contributed by atoms with Crippen LogP contribution in [0.5, 0.6) is 0 Å². The summed E-state index contributed by atoms with van der Waals surface area (Å²) < 4.78 is 0. The number of piperidine rings is 1. The molecule has 0 aliphatic carbocycles. The van der Waals surface area contributed by atoms with Gasteiger partial charge in [-0.1, -0.05) is 6.92 Å². The Morgan fingerprint density at radius 2 is 2.39 bits per heavy atom. The molecule has 0 spiro atoms. The second kappa shape index (κ2) is 6.72. The third-order valence-electron chi connectivity index (χ3n) is 3.65. The van der Waals surface area contributed by atoms with Crippen molar-refractivity contribution in [3.05, 3.63) is 0 Å². The molecule has 0 bridgehead atoms. The largest absolute Gasteiger partial charge is 0.369 e. The number of rotatable bonds is 6. The van der Waals surface area contributed by atoms with Crippen LogP contribution in [-0.2, 0) is 4.79 Å². The van der Waals surface area contributed by atoms with Gasteiger partial charge in [-0.2, -0.15) is 5.26 Å². The number of nitrogens with zero attached hydrogens (tertiary/aromatic N) is 2. The zero-order valence-corrected chi connectivity index (χ0v) is 11.4. The van der Waals surface area contributed by atoms with Gasteiger partial charge in [0.2, 0.25) is 5.91 Å². The number of amides is 1. The molecular weight excluding hydrogens is 228 g/mol. The summed E-state index contributed by atoms with van der Waals surface area (Å²) in [5, 5.41) is 12.4. The first-order chi connectivity index (χ1) is 8.50. The third kappa shape index (κ3) is 4.28. The molecule has 0 aromatic carbocycles. The van der Waals surface area contributed by atoms with E-state index in [-0.39, 0.29) is 11.8 Å². The van der Waals surface area contributed by atoms with E-state index in [0.717, 1.165) is 45.4 Å². The minimum atomic E-state index is -0.478. The summed E-state index contributed by atoms with van der Waals surface area (Å²) in [5.41, 5.74) is 4.88. The molecule has 1 aliphatic rings. The van der Waals surface area contributed by atoms with Crippen molar-refractivity contribution in [2.24, 2.45) is 11.7 Å². The fourth-order valence-corrected chi connectivity index (χ4v) is 2.45. The molecule has 18 heavy (non-hydrogen) atoms. The Morgan fingerprint density at radius 3 is 2.94 bits per heavy atom. The van der Waals surface area contributed by atoms with Crippen LogP contribution in [0.2, 0.25) is 0 Å². The van der Waals surface area contributed by atoms with Crippen LogP contribution in [-0.4, -0.2) is 42.5 Å². The van der Waals surface area contributed by atoms with Crippen LogP contribution in [0.15, 0.2) is 0 Å². The first-order valence-corrected chi connectivity index (χ1v) is 6.68. The molecule has 2 atom stereocenters. The molecular formula is C13H24N4O. The molecule has 0 aromatic heterocycles. The van der Waals surface area contributed by atoms with E-state index < -0.39 is 5.54 Å². The summed E-state index contributed by atoms with van der Waals surface area (Å²) in [6.45, 7) is 7.28. The highest BCUT2D eigenvalue weighted by Gasteiger charge is 2.27. The van der Waals surface area contributed by atoms with Crippen LogP contribution in [0.25, 0.3) is 0 Å². The van der Waals surface area contributed by atoms with Gasteiger partial charge in [0.25, 0.3) is 0 Å². The average Bonchev–Trinajstić information content (AvgIpc) is 2.37. The van der Waals surface area contributed by atoms with E-state index >= 15 is 0 Å². The van der Waals surface area contributed by atoms with Crippen molar-refractivity contribution in [1.29, 1.82) is 5.26 Å². The van der Waals surface area contributed by atoms with Gasteiger partial charge < -0.3 is 10.6 Å². The minimum Gasteiger partial charge on any atom is -0.369 e. The zero-order chi connectivity index (χ0) is 13.6. The number of hydrogen-bond donors (Lipinski definition) is 2. The molecule has 1 heterocycles.